The van der Waals surface area contributed by atoms with Crippen molar-refractivity contribution in [1.29, 1.82) is 0 Å². The lowest BCUT2D eigenvalue weighted by Gasteiger charge is -2.35. The zero-order valence-corrected chi connectivity index (χ0v) is 13.2. The van der Waals surface area contributed by atoms with Crippen LogP contribution in [-0.4, -0.2) is 43.8 Å². The first kappa shape index (κ1) is 15.5. The molecule has 112 valence electrons. The van der Waals surface area contributed by atoms with Gasteiger partial charge in [-0.25, -0.2) is 0 Å². The van der Waals surface area contributed by atoms with Crippen molar-refractivity contribution in [1.82, 2.24) is 10.2 Å². The molecular weight excluding hydrogens is 248 g/mol. The van der Waals surface area contributed by atoms with E-state index in [9.17, 15) is 0 Å². The summed E-state index contributed by atoms with van der Waals surface area (Å²) in [5, 5.41) is 3.49. The van der Waals surface area contributed by atoms with Crippen LogP contribution in [0.3, 0.4) is 0 Å². The van der Waals surface area contributed by atoms with E-state index in [1.165, 1.54) is 11.1 Å². The van der Waals surface area contributed by atoms with E-state index >= 15 is 0 Å². The van der Waals surface area contributed by atoms with E-state index in [1.807, 2.05) is 0 Å². The molecule has 3 atom stereocenters. The largest absolute Gasteiger partial charge is 0.377 e. The maximum Gasteiger partial charge on any atom is 0.0674 e. The van der Waals surface area contributed by atoms with E-state index < -0.39 is 0 Å². The number of hydrogen-bond donors (Lipinski definition) is 1. The van der Waals surface area contributed by atoms with Gasteiger partial charge in [0.1, 0.15) is 0 Å². The molecule has 1 saturated heterocycles. The van der Waals surface area contributed by atoms with E-state index in [4.69, 9.17) is 4.74 Å². The minimum absolute atomic E-state index is 0.329. The highest BCUT2D eigenvalue weighted by molar-refractivity contribution is 5.25. The van der Waals surface area contributed by atoms with Crippen LogP contribution in [0.1, 0.15) is 37.4 Å². The summed E-state index contributed by atoms with van der Waals surface area (Å²) in [4.78, 5) is 2.55. The van der Waals surface area contributed by atoms with Gasteiger partial charge in [0.05, 0.1) is 6.10 Å². The molecule has 1 aliphatic heterocycles. The third-order valence-corrected chi connectivity index (χ3v) is 4.29. The molecule has 1 aliphatic rings. The summed E-state index contributed by atoms with van der Waals surface area (Å²) in [7, 11) is 2.05. The molecule has 3 heteroatoms. The average molecular weight is 276 g/mol. The molecule has 0 aliphatic carbocycles. The van der Waals surface area contributed by atoms with Crippen molar-refractivity contribution in [2.75, 3.05) is 26.7 Å². The second kappa shape index (κ2) is 7.21. The first-order valence-electron chi connectivity index (χ1n) is 7.71. The van der Waals surface area contributed by atoms with Crippen LogP contribution in [0.4, 0.5) is 0 Å². The lowest BCUT2D eigenvalue weighted by Crippen LogP contribution is -2.44. The first-order valence-corrected chi connectivity index (χ1v) is 7.71. The average Bonchev–Trinajstić information content (AvgIpc) is 2.66. The highest BCUT2D eigenvalue weighted by Gasteiger charge is 2.26. The van der Waals surface area contributed by atoms with Crippen molar-refractivity contribution in [2.24, 2.45) is 0 Å². The van der Waals surface area contributed by atoms with Gasteiger partial charge >= 0.3 is 0 Å². The zero-order valence-electron chi connectivity index (χ0n) is 13.2. The van der Waals surface area contributed by atoms with E-state index in [0.717, 1.165) is 26.1 Å². The molecule has 3 unspecified atom stereocenters. The topological polar surface area (TPSA) is 24.5 Å². The molecule has 3 nitrogen and oxygen atoms in total. The Kier molecular flexibility index (Phi) is 5.58. The summed E-state index contributed by atoms with van der Waals surface area (Å²) in [5.74, 6) is 0. The smallest absolute Gasteiger partial charge is 0.0674 e. The van der Waals surface area contributed by atoms with Crippen molar-refractivity contribution in [3.8, 4) is 0 Å². The Labute approximate surface area is 123 Å². The number of rotatable bonds is 4. The highest BCUT2D eigenvalue weighted by atomic mass is 16.5. The molecule has 0 radical (unpaired) electrons. The maximum absolute atomic E-state index is 5.76. The van der Waals surface area contributed by atoms with Gasteiger partial charge in [0.25, 0.3) is 0 Å². The lowest BCUT2D eigenvalue weighted by atomic mass is 9.98. The Morgan fingerprint density at radius 1 is 1.30 bits per heavy atom. The SMILES string of the molecule is CNC(c1ccc(C)cc1)C(C)N1CCCOC(C)C1. The second-order valence-electron chi connectivity index (χ2n) is 5.95. The van der Waals surface area contributed by atoms with E-state index in [0.29, 0.717) is 18.2 Å². The number of aryl methyl sites for hydroxylation is 1. The molecule has 1 N–H and O–H groups in total. The number of nitrogens with zero attached hydrogens (tertiary/aromatic N) is 1. The van der Waals surface area contributed by atoms with Gasteiger partial charge < -0.3 is 10.1 Å². The molecular formula is C17H28N2O. The van der Waals surface area contributed by atoms with Crippen LogP contribution in [-0.2, 0) is 4.74 Å². The predicted octanol–water partition coefficient (Wildman–Crippen LogP) is 2.75. The molecule has 0 bridgehead atoms. The number of ether oxygens (including phenoxy) is 1. The lowest BCUT2D eigenvalue weighted by molar-refractivity contribution is 0.0585. The van der Waals surface area contributed by atoms with Crippen molar-refractivity contribution >= 4 is 0 Å². The van der Waals surface area contributed by atoms with E-state index in [-0.39, 0.29) is 0 Å². The van der Waals surface area contributed by atoms with Crippen molar-refractivity contribution < 1.29 is 4.74 Å². The normalized spacial score (nSPS) is 24.1. The van der Waals surface area contributed by atoms with Gasteiger partial charge in [0.2, 0.25) is 0 Å². The fourth-order valence-electron chi connectivity index (χ4n) is 3.07. The molecule has 1 aromatic carbocycles. The zero-order chi connectivity index (χ0) is 14.5. The van der Waals surface area contributed by atoms with Crippen LogP contribution >= 0.6 is 0 Å². The van der Waals surface area contributed by atoms with Gasteiger partial charge in [0, 0.05) is 31.8 Å². The van der Waals surface area contributed by atoms with Crippen molar-refractivity contribution in [3.63, 3.8) is 0 Å². The summed E-state index contributed by atoms with van der Waals surface area (Å²) >= 11 is 0. The Morgan fingerprint density at radius 2 is 2.00 bits per heavy atom. The molecule has 20 heavy (non-hydrogen) atoms. The minimum Gasteiger partial charge on any atom is -0.377 e. The quantitative estimate of drug-likeness (QED) is 0.915. The minimum atomic E-state index is 0.329. The Bertz CT molecular complexity index is 404. The number of benzene rings is 1. The van der Waals surface area contributed by atoms with Crippen LogP contribution in [0.5, 0.6) is 0 Å². The van der Waals surface area contributed by atoms with Crippen molar-refractivity contribution in [2.45, 2.75) is 45.4 Å². The molecule has 0 aromatic heterocycles. The molecule has 1 heterocycles. The number of nitrogens with one attached hydrogen (secondary N) is 1. The monoisotopic (exact) mass is 276 g/mol. The van der Waals surface area contributed by atoms with Gasteiger partial charge in [-0.15, -0.1) is 0 Å². The maximum atomic E-state index is 5.76. The van der Waals surface area contributed by atoms with Gasteiger partial charge in [-0.05, 0) is 39.8 Å². The molecule has 1 aromatic rings. The Morgan fingerprint density at radius 3 is 2.65 bits per heavy atom. The number of likely N-dealkylation sites (N-methyl/N-ethyl adjacent to an activating group) is 1. The molecule has 0 amide bonds. The fraction of sp³-hybridized carbons (Fsp3) is 0.647. The third kappa shape index (κ3) is 3.81. The summed E-state index contributed by atoms with van der Waals surface area (Å²) in [6.07, 6.45) is 1.45. The van der Waals surface area contributed by atoms with Gasteiger partial charge in [-0.1, -0.05) is 29.8 Å². The van der Waals surface area contributed by atoms with Crippen LogP contribution in [0.15, 0.2) is 24.3 Å². The third-order valence-electron chi connectivity index (χ3n) is 4.29. The summed E-state index contributed by atoms with van der Waals surface area (Å²) in [6.45, 7) is 9.65. The number of hydrogen-bond acceptors (Lipinski definition) is 3. The second-order valence-corrected chi connectivity index (χ2v) is 5.95. The van der Waals surface area contributed by atoms with E-state index in [1.54, 1.807) is 0 Å². The van der Waals surface area contributed by atoms with Crippen LogP contribution in [0, 0.1) is 6.92 Å². The van der Waals surface area contributed by atoms with Crippen LogP contribution < -0.4 is 5.32 Å². The summed E-state index contributed by atoms with van der Waals surface area (Å²) in [5.41, 5.74) is 2.68. The van der Waals surface area contributed by atoms with E-state index in [2.05, 4.69) is 62.3 Å². The van der Waals surface area contributed by atoms with Crippen molar-refractivity contribution in [3.05, 3.63) is 35.4 Å². The fourth-order valence-corrected chi connectivity index (χ4v) is 3.07. The highest BCUT2D eigenvalue weighted by Crippen LogP contribution is 2.23. The summed E-state index contributed by atoms with van der Waals surface area (Å²) in [6, 6.07) is 9.70. The molecule has 0 spiro atoms. The van der Waals surface area contributed by atoms with Gasteiger partial charge in [-0.2, -0.15) is 0 Å². The molecule has 1 fully saturated rings. The summed E-state index contributed by atoms with van der Waals surface area (Å²) < 4.78 is 5.76. The molecule has 2 rings (SSSR count). The molecule has 0 saturated carbocycles. The van der Waals surface area contributed by atoms with Gasteiger partial charge in [-0.3, -0.25) is 4.90 Å². The van der Waals surface area contributed by atoms with Crippen LogP contribution in [0.25, 0.3) is 0 Å². The first-order chi connectivity index (χ1) is 9.61. The van der Waals surface area contributed by atoms with Crippen LogP contribution in [0.2, 0.25) is 0 Å². The standard InChI is InChI=1S/C17H28N2O/c1-13-6-8-16(9-7-13)17(18-4)15(3)19-10-5-11-20-14(2)12-19/h6-9,14-15,17-18H,5,10-12H2,1-4H3. The van der Waals surface area contributed by atoms with Gasteiger partial charge in [0.15, 0.2) is 0 Å². The predicted molar refractivity (Wildman–Crippen MR) is 84.0 cm³/mol. The Balaban J connectivity index is 2.11. The Hall–Kier alpha value is -0.900.